The number of hydrogen-bond acceptors (Lipinski definition) is 4. The van der Waals surface area contributed by atoms with Gasteiger partial charge in [0.05, 0.1) is 13.2 Å². The zero-order valence-corrected chi connectivity index (χ0v) is 12.7. The van der Waals surface area contributed by atoms with E-state index in [-0.39, 0.29) is 0 Å². The molecule has 110 valence electrons. The minimum atomic E-state index is 0.630. The molecular weight excluding hydrogens is 272 g/mol. The SMILES string of the molecule is Cc1cccc(NC(=S)NCCCN2CCOCC2)n1. The van der Waals surface area contributed by atoms with Gasteiger partial charge in [-0.15, -0.1) is 0 Å². The highest BCUT2D eigenvalue weighted by molar-refractivity contribution is 7.80. The fraction of sp³-hybridized carbons (Fsp3) is 0.571. The molecule has 0 aromatic carbocycles. The topological polar surface area (TPSA) is 49.4 Å². The second-order valence-corrected chi connectivity index (χ2v) is 5.26. The van der Waals surface area contributed by atoms with Crippen molar-refractivity contribution >= 4 is 23.1 Å². The van der Waals surface area contributed by atoms with Gasteiger partial charge in [-0.3, -0.25) is 4.90 Å². The summed E-state index contributed by atoms with van der Waals surface area (Å²) in [4.78, 5) is 6.77. The summed E-state index contributed by atoms with van der Waals surface area (Å²) in [6, 6.07) is 5.84. The van der Waals surface area contributed by atoms with Crippen molar-refractivity contribution < 1.29 is 4.74 Å². The van der Waals surface area contributed by atoms with E-state index in [1.165, 1.54) is 0 Å². The van der Waals surface area contributed by atoms with Crippen LogP contribution in [0.1, 0.15) is 12.1 Å². The Morgan fingerprint density at radius 1 is 1.40 bits per heavy atom. The Morgan fingerprint density at radius 2 is 2.20 bits per heavy atom. The molecule has 0 aliphatic carbocycles. The standard InChI is InChI=1S/C14H22N4OS/c1-12-4-2-5-13(16-12)17-14(20)15-6-3-7-18-8-10-19-11-9-18/h2,4-5H,3,6-11H2,1H3,(H2,15,16,17,20). The first-order valence-electron chi connectivity index (χ1n) is 7.02. The third-order valence-electron chi connectivity index (χ3n) is 3.17. The molecule has 0 spiro atoms. The molecule has 0 saturated carbocycles. The summed E-state index contributed by atoms with van der Waals surface area (Å²) in [6.45, 7) is 7.70. The predicted molar refractivity (Wildman–Crippen MR) is 85.1 cm³/mol. The second-order valence-electron chi connectivity index (χ2n) is 4.85. The average molecular weight is 294 g/mol. The molecule has 2 N–H and O–H groups in total. The lowest BCUT2D eigenvalue weighted by atomic mass is 10.3. The Kier molecular flexibility index (Phi) is 6.17. The summed E-state index contributed by atoms with van der Waals surface area (Å²) in [6.07, 6.45) is 1.07. The van der Waals surface area contributed by atoms with Gasteiger partial charge in [-0.05, 0) is 44.2 Å². The van der Waals surface area contributed by atoms with Crippen molar-refractivity contribution in [3.8, 4) is 0 Å². The molecule has 1 aliphatic heterocycles. The predicted octanol–water partition coefficient (Wildman–Crippen LogP) is 1.40. The number of nitrogens with one attached hydrogen (secondary N) is 2. The van der Waals surface area contributed by atoms with Crippen LogP contribution in [-0.4, -0.2) is 54.4 Å². The lowest BCUT2D eigenvalue weighted by molar-refractivity contribution is 0.0376. The minimum Gasteiger partial charge on any atom is -0.379 e. The minimum absolute atomic E-state index is 0.630. The van der Waals surface area contributed by atoms with Gasteiger partial charge in [0, 0.05) is 25.3 Å². The molecule has 0 radical (unpaired) electrons. The summed E-state index contributed by atoms with van der Waals surface area (Å²) in [5.41, 5.74) is 0.977. The smallest absolute Gasteiger partial charge is 0.171 e. The Morgan fingerprint density at radius 3 is 2.95 bits per heavy atom. The van der Waals surface area contributed by atoms with Crippen LogP contribution in [-0.2, 0) is 4.74 Å². The first-order chi connectivity index (χ1) is 9.74. The van der Waals surface area contributed by atoms with E-state index in [9.17, 15) is 0 Å². The van der Waals surface area contributed by atoms with E-state index < -0.39 is 0 Å². The summed E-state index contributed by atoms with van der Waals surface area (Å²) in [5, 5.41) is 6.94. The summed E-state index contributed by atoms with van der Waals surface area (Å²) < 4.78 is 5.33. The monoisotopic (exact) mass is 294 g/mol. The van der Waals surface area contributed by atoms with Crippen LogP contribution in [0.15, 0.2) is 18.2 Å². The van der Waals surface area contributed by atoms with Crippen molar-refractivity contribution in [3.63, 3.8) is 0 Å². The van der Waals surface area contributed by atoms with E-state index in [1.54, 1.807) is 0 Å². The molecule has 0 bridgehead atoms. The van der Waals surface area contributed by atoms with Crippen molar-refractivity contribution in [2.75, 3.05) is 44.7 Å². The fourth-order valence-corrected chi connectivity index (χ4v) is 2.31. The highest BCUT2D eigenvalue weighted by Crippen LogP contribution is 2.03. The molecule has 1 fully saturated rings. The van der Waals surface area contributed by atoms with Crippen LogP contribution in [0.25, 0.3) is 0 Å². The zero-order valence-electron chi connectivity index (χ0n) is 11.9. The molecule has 1 aromatic rings. The van der Waals surface area contributed by atoms with Crippen LogP contribution in [0.5, 0.6) is 0 Å². The maximum absolute atomic E-state index is 5.33. The summed E-state index contributed by atoms with van der Waals surface area (Å²) >= 11 is 5.25. The summed E-state index contributed by atoms with van der Waals surface area (Å²) in [5.74, 6) is 0.788. The van der Waals surface area contributed by atoms with Gasteiger partial charge in [0.25, 0.3) is 0 Å². The number of nitrogens with zero attached hydrogens (tertiary/aromatic N) is 2. The molecule has 0 amide bonds. The van der Waals surface area contributed by atoms with Crippen LogP contribution < -0.4 is 10.6 Å². The lowest BCUT2D eigenvalue weighted by Gasteiger charge is -2.26. The largest absolute Gasteiger partial charge is 0.379 e. The number of hydrogen-bond donors (Lipinski definition) is 2. The van der Waals surface area contributed by atoms with Crippen LogP contribution in [0.3, 0.4) is 0 Å². The van der Waals surface area contributed by atoms with Gasteiger partial charge in [-0.1, -0.05) is 6.07 Å². The Hall–Kier alpha value is -1.24. The molecule has 1 aliphatic rings. The highest BCUT2D eigenvalue weighted by Gasteiger charge is 2.09. The number of anilines is 1. The van der Waals surface area contributed by atoms with Gasteiger partial charge in [0.1, 0.15) is 5.82 Å². The fourth-order valence-electron chi connectivity index (χ4n) is 2.10. The van der Waals surface area contributed by atoms with Gasteiger partial charge >= 0.3 is 0 Å². The quantitative estimate of drug-likeness (QED) is 0.632. The molecule has 2 heterocycles. The molecule has 6 heteroatoms. The third kappa shape index (κ3) is 5.40. The number of pyridine rings is 1. The molecule has 1 saturated heterocycles. The van der Waals surface area contributed by atoms with E-state index in [0.717, 1.165) is 57.3 Å². The number of thiocarbonyl (C=S) groups is 1. The molecular formula is C14H22N4OS. The number of aromatic nitrogens is 1. The summed E-state index contributed by atoms with van der Waals surface area (Å²) in [7, 11) is 0. The van der Waals surface area contributed by atoms with E-state index in [1.807, 2.05) is 25.1 Å². The maximum atomic E-state index is 5.33. The number of rotatable bonds is 5. The molecule has 0 atom stereocenters. The number of ether oxygens (including phenoxy) is 1. The molecule has 1 aromatic heterocycles. The molecule has 2 rings (SSSR count). The normalized spacial score (nSPS) is 15.8. The zero-order chi connectivity index (χ0) is 14.2. The molecule has 20 heavy (non-hydrogen) atoms. The maximum Gasteiger partial charge on any atom is 0.171 e. The van der Waals surface area contributed by atoms with E-state index in [0.29, 0.717) is 5.11 Å². The highest BCUT2D eigenvalue weighted by atomic mass is 32.1. The van der Waals surface area contributed by atoms with E-state index in [2.05, 4.69) is 20.5 Å². The Balaban J connectivity index is 1.60. The van der Waals surface area contributed by atoms with Gasteiger partial charge in [0.2, 0.25) is 0 Å². The van der Waals surface area contributed by atoms with Crippen LogP contribution in [0, 0.1) is 6.92 Å². The van der Waals surface area contributed by atoms with E-state index >= 15 is 0 Å². The van der Waals surface area contributed by atoms with Crippen molar-refractivity contribution in [1.29, 1.82) is 0 Å². The first-order valence-corrected chi connectivity index (χ1v) is 7.43. The lowest BCUT2D eigenvalue weighted by Crippen LogP contribution is -2.38. The second kappa shape index (κ2) is 8.14. The number of aryl methyl sites for hydroxylation is 1. The third-order valence-corrected chi connectivity index (χ3v) is 3.42. The van der Waals surface area contributed by atoms with E-state index in [4.69, 9.17) is 17.0 Å². The van der Waals surface area contributed by atoms with Gasteiger partial charge in [0.15, 0.2) is 5.11 Å². The molecule has 0 unspecified atom stereocenters. The number of morpholine rings is 1. The van der Waals surface area contributed by atoms with Gasteiger partial charge in [-0.2, -0.15) is 0 Å². The Bertz CT molecular complexity index is 435. The first kappa shape index (κ1) is 15.2. The van der Waals surface area contributed by atoms with Crippen molar-refractivity contribution in [2.24, 2.45) is 0 Å². The molecule has 5 nitrogen and oxygen atoms in total. The van der Waals surface area contributed by atoms with Crippen molar-refractivity contribution in [1.82, 2.24) is 15.2 Å². The van der Waals surface area contributed by atoms with Crippen LogP contribution in [0.2, 0.25) is 0 Å². The van der Waals surface area contributed by atoms with Gasteiger partial charge in [-0.25, -0.2) is 4.98 Å². The van der Waals surface area contributed by atoms with Crippen LogP contribution in [0.4, 0.5) is 5.82 Å². The Labute approximate surface area is 125 Å². The van der Waals surface area contributed by atoms with Crippen molar-refractivity contribution in [2.45, 2.75) is 13.3 Å². The van der Waals surface area contributed by atoms with Crippen molar-refractivity contribution in [3.05, 3.63) is 23.9 Å². The average Bonchev–Trinajstić information content (AvgIpc) is 2.45. The van der Waals surface area contributed by atoms with Crippen LogP contribution >= 0.6 is 12.2 Å². The van der Waals surface area contributed by atoms with Gasteiger partial charge < -0.3 is 15.4 Å².